The molecule has 0 fully saturated rings. The molecule has 1 amide bonds. The van der Waals surface area contributed by atoms with Crippen molar-refractivity contribution in [2.75, 3.05) is 12.5 Å². The monoisotopic (exact) mass is 431 g/mol. The number of methoxy groups -OCH3 is 1. The van der Waals surface area contributed by atoms with Crippen LogP contribution < -0.4 is 15.7 Å². The Morgan fingerprint density at radius 3 is 2.65 bits per heavy atom. The maximum Gasteiger partial charge on any atom is 0.280 e. The molecule has 0 aliphatic heterocycles. The molecule has 0 bridgehead atoms. The summed E-state index contributed by atoms with van der Waals surface area (Å²) in [5.41, 5.74) is 4.09. The van der Waals surface area contributed by atoms with E-state index in [-0.39, 0.29) is 5.56 Å². The summed E-state index contributed by atoms with van der Waals surface area (Å²) in [4.78, 5) is 30.4. The Balaban J connectivity index is 1.78. The quantitative estimate of drug-likeness (QED) is 0.472. The van der Waals surface area contributed by atoms with Crippen LogP contribution in [0.25, 0.3) is 28.4 Å². The van der Waals surface area contributed by atoms with Gasteiger partial charge in [-0.3, -0.25) is 15.0 Å². The Bertz CT molecular complexity index is 1360. The van der Waals surface area contributed by atoms with Gasteiger partial charge in [0.2, 0.25) is 0 Å². The van der Waals surface area contributed by atoms with Crippen LogP contribution in [0.15, 0.2) is 83.7 Å². The first-order valence-corrected chi connectivity index (χ1v) is 9.84. The summed E-state index contributed by atoms with van der Waals surface area (Å²) >= 11 is 6.13. The molecule has 4 aromatic rings. The normalized spacial score (nSPS) is 11.0. The first-order valence-electron chi connectivity index (χ1n) is 9.46. The lowest BCUT2D eigenvalue weighted by Crippen LogP contribution is -2.34. The zero-order chi connectivity index (χ0) is 21.8. The average molecular weight is 432 g/mol. The van der Waals surface area contributed by atoms with Gasteiger partial charge in [-0.25, -0.2) is 4.98 Å². The number of halogens is 1. The Kier molecular flexibility index (Phi) is 5.82. The number of hydrogen-bond acceptors (Lipinski definition) is 4. The molecule has 1 heterocycles. The van der Waals surface area contributed by atoms with E-state index in [0.29, 0.717) is 38.6 Å². The Morgan fingerprint density at radius 2 is 1.84 bits per heavy atom. The van der Waals surface area contributed by atoms with Gasteiger partial charge in [-0.05, 0) is 42.0 Å². The predicted octanol–water partition coefficient (Wildman–Crippen LogP) is 4.51. The molecule has 0 spiro atoms. The minimum Gasteiger partial charge on any atom is -0.497 e. The van der Waals surface area contributed by atoms with Gasteiger partial charge in [-0.15, -0.1) is 0 Å². The molecule has 0 aliphatic carbocycles. The molecule has 0 aliphatic rings. The summed E-state index contributed by atoms with van der Waals surface area (Å²) in [6.07, 6.45) is 2.90. The first kappa shape index (κ1) is 20.4. The minimum atomic E-state index is -0.497. The second-order valence-corrected chi connectivity index (χ2v) is 7.06. The van der Waals surface area contributed by atoms with Crippen molar-refractivity contribution in [3.05, 3.63) is 99.8 Å². The average Bonchev–Trinajstić information content (AvgIpc) is 2.80. The fraction of sp³-hybridized carbons (Fsp3) is 0.0417. The lowest BCUT2D eigenvalue weighted by atomic mass is 10.2. The van der Waals surface area contributed by atoms with Gasteiger partial charge in [0.05, 0.1) is 18.0 Å². The van der Waals surface area contributed by atoms with Crippen LogP contribution in [0.4, 0.5) is 0 Å². The predicted molar refractivity (Wildman–Crippen MR) is 123 cm³/mol. The number of benzene rings is 3. The van der Waals surface area contributed by atoms with Gasteiger partial charge in [0.1, 0.15) is 5.75 Å². The summed E-state index contributed by atoms with van der Waals surface area (Å²) in [5, 5.41) is 0.915. The number of nitrogens with one attached hydrogen (secondary N) is 1. The van der Waals surface area contributed by atoms with Crippen molar-refractivity contribution >= 4 is 34.5 Å². The van der Waals surface area contributed by atoms with Crippen LogP contribution in [0.3, 0.4) is 0 Å². The van der Waals surface area contributed by atoms with Gasteiger partial charge in [-0.1, -0.05) is 54.1 Å². The number of fused-ring (bicyclic) bond motifs is 1. The van der Waals surface area contributed by atoms with E-state index in [2.05, 4.69) is 10.4 Å². The van der Waals surface area contributed by atoms with E-state index in [1.54, 1.807) is 79.9 Å². The molecule has 0 unspecified atom stereocenters. The number of carbonyl (C=O) groups is 1. The standard InChI is InChI=1S/C24H18ClN3O3/c1-31-18-9-6-8-17(15-18)23-26-21-12-5-3-10-19(21)24(30)28(23)27-22(29)14-13-16-7-2-4-11-20(16)25/h2-15H,1H3,(H,27,29). The van der Waals surface area contributed by atoms with E-state index in [9.17, 15) is 9.59 Å². The molecule has 154 valence electrons. The third-order valence-electron chi connectivity index (χ3n) is 4.65. The second-order valence-electron chi connectivity index (χ2n) is 6.66. The minimum absolute atomic E-state index is 0.294. The van der Waals surface area contributed by atoms with Gasteiger partial charge >= 0.3 is 0 Å². The molecular weight excluding hydrogens is 414 g/mol. The van der Waals surface area contributed by atoms with Gasteiger partial charge in [-0.2, -0.15) is 4.68 Å². The van der Waals surface area contributed by atoms with E-state index < -0.39 is 5.91 Å². The van der Waals surface area contributed by atoms with Crippen molar-refractivity contribution in [1.82, 2.24) is 9.66 Å². The van der Waals surface area contributed by atoms with Crippen LogP contribution in [0, 0.1) is 0 Å². The Hall–Kier alpha value is -3.90. The van der Waals surface area contributed by atoms with E-state index in [1.165, 1.54) is 6.08 Å². The maximum absolute atomic E-state index is 13.2. The number of nitrogens with zero attached hydrogens (tertiary/aromatic N) is 2. The van der Waals surface area contributed by atoms with Gasteiger partial charge in [0.15, 0.2) is 5.82 Å². The molecule has 0 radical (unpaired) electrons. The number of ether oxygens (including phenoxy) is 1. The summed E-state index contributed by atoms with van der Waals surface area (Å²) in [7, 11) is 1.56. The molecule has 31 heavy (non-hydrogen) atoms. The number of rotatable bonds is 5. The van der Waals surface area contributed by atoms with E-state index >= 15 is 0 Å². The number of hydrogen-bond donors (Lipinski definition) is 1. The van der Waals surface area contributed by atoms with Gasteiger partial charge in [0, 0.05) is 16.7 Å². The van der Waals surface area contributed by atoms with Crippen molar-refractivity contribution in [3.63, 3.8) is 0 Å². The molecule has 3 aromatic carbocycles. The van der Waals surface area contributed by atoms with Crippen molar-refractivity contribution in [2.24, 2.45) is 0 Å². The lowest BCUT2D eigenvalue weighted by Gasteiger charge is -2.14. The molecule has 0 saturated carbocycles. The number of carbonyl (C=O) groups excluding carboxylic acids is 1. The summed E-state index contributed by atoms with van der Waals surface area (Å²) in [6, 6.07) is 21.3. The summed E-state index contributed by atoms with van der Waals surface area (Å²) in [5.74, 6) is 0.404. The molecule has 0 saturated heterocycles. The second kappa shape index (κ2) is 8.85. The molecule has 6 nitrogen and oxygen atoms in total. The van der Waals surface area contributed by atoms with Gasteiger partial charge in [0.25, 0.3) is 11.5 Å². The maximum atomic E-state index is 13.2. The highest BCUT2D eigenvalue weighted by Gasteiger charge is 2.15. The fourth-order valence-corrected chi connectivity index (χ4v) is 3.31. The molecular formula is C24H18ClN3O3. The fourth-order valence-electron chi connectivity index (χ4n) is 3.12. The molecule has 4 rings (SSSR count). The highest BCUT2D eigenvalue weighted by atomic mass is 35.5. The Labute approximate surface area is 183 Å². The van der Waals surface area contributed by atoms with Crippen LogP contribution in [-0.4, -0.2) is 22.7 Å². The zero-order valence-corrected chi connectivity index (χ0v) is 17.3. The van der Waals surface area contributed by atoms with Crippen molar-refractivity contribution in [1.29, 1.82) is 0 Å². The summed E-state index contributed by atoms with van der Waals surface area (Å²) < 4.78 is 6.44. The van der Waals surface area contributed by atoms with Crippen LogP contribution in [-0.2, 0) is 4.79 Å². The van der Waals surface area contributed by atoms with Crippen LogP contribution in [0.2, 0.25) is 5.02 Å². The van der Waals surface area contributed by atoms with Crippen molar-refractivity contribution < 1.29 is 9.53 Å². The van der Waals surface area contributed by atoms with Gasteiger partial charge < -0.3 is 4.74 Å². The van der Waals surface area contributed by atoms with Crippen LogP contribution in [0.1, 0.15) is 5.56 Å². The molecule has 0 atom stereocenters. The molecule has 7 heteroatoms. The van der Waals surface area contributed by atoms with Crippen molar-refractivity contribution in [2.45, 2.75) is 0 Å². The van der Waals surface area contributed by atoms with Crippen molar-refractivity contribution in [3.8, 4) is 17.1 Å². The van der Waals surface area contributed by atoms with Crippen LogP contribution >= 0.6 is 11.6 Å². The first-order chi connectivity index (χ1) is 15.1. The smallest absolute Gasteiger partial charge is 0.280 e. The third-order valence-corrected chi connectivity index (χ3v) is 4.99. The zero-order valence-electron chi connectivity index (χ0n) is 16.6. The largest absolute Gasteiger partial charge is 0.497 e. The number of para-hydroxylation sites is 1. The molecule has 1 N–H and O–H groups in total. The SMILES string of the molecule is COc1cccc(-c2nc3ccccc3c(=O)n2NC(=O)C=Cc2ccccc2Cl)c1. The van der Waals surface area contributed by atoms with Crippen LogP contribution in [0.5, 0.6) is 5.75 Å². The Morgan fingerprint density at radius 1 is 1.06 bits per heavy atom. The number of amides is 1. The van der Waals surface area contributed by atoms with E-state index in [0.717, 1.165) is 4.68 Å². The highest BCUT2D eigenvalue weighted by Crippen LogP contribution is 2.23. The molecule has 1 aromatic heterocycles. The highest BCUT2D eigenvalue weighted by molar-refractivity contribution is 6.32. The summed E-state index contributed by atoms with van der Waals surface area (Å²) in [6.45, 7) is 0. The lowest BCUT2D eigenvalue weighted by molar-refractivity contribution is -0.112. The van der Waals surface area contributed by atoms with E-state index in [1.807, 2.05) is 6.07 Å². The van der Waals surface area contributed by atoms with E-state index in [4.69, 9.17) is 16.3 Å². The number of aromatic nitrogens is 2. The third kappa shape index (κ3) is 4.34. The topological polar surface area (TPSA) is 73.2 Å².